The van der Waals surface area contributed by atoms with Crippen LogP contribution in [0.2, 0.25) is 5.02 Å². The van der Waals surface area contributed by atoms with Crippen LogP contribution in [0.4, 0.5) is 10.5 Å². The lowest BCUT2D eigenvalue weighted by molar-refractivity contribution is -0.121. The van der Waals surface area contributed by atoms with Crippen LogP contribution < -0.4 is 5.32 Å². The third kappa shape index (κ3) is 4.61. The van der Waals surface area contributed by atoms with Gasteiger partial charge in [0, 0.05) is 42.8 Å². The van der Waals surface area contributed by atoms with Crippen LogP contribution in [-0.2, 0) is 4.79 Å². The first-order chi connectivity index (χ1) is 11.0. The van der Waals surface area contributed by atoms with Crippen molar-refractivity contribution < 1.29 is 9.59 Å². The molecule has 3 amide bonds. The van der Waals surface area contributed by atoms with Crippen molar-refractivity contribution in [3.8, 4) is 0 Å². The number of hydrogen-bond acceptors (Lipinski definition) is 2. The number of halogens is 1. The lowest BCUT2D eigenvalue weighted by Gasteiger charge is -2.34. The number of nitrogens with one attached hydrogen (secondary N) is 1. The van der Waals surface area contributed by atoms with Gasteiger partial charge in [-0.3, -0.25) is 4.79 Å². The predicted molar refractivity (Wildman–Crippen MR) is 92.7 cm³/mol. The minimum absolute atomic E-state index is 0.00204. The fraction of sp³-hybridized carbons (Fsp3) is 0.529. The maximum Gasteiger partial charge on any atom is 0.319 e. The summed E-state index contributed by atoms with van der Waals surface area (Å²) in [4.78, 5) is 28.3. The lowest BCUT2D eigenvalue weighted by Crippen LogP contribution is -2.47. The van der Waals surface area contributed by atoms with Crippen molar-refractivity contribution in [2.24, 2.45) is 5.92 Å². The standard InChI is InChI=1S/C17H24ClN3O2/c1-3-20(4-2)17(23)21-10-8-13(9-11-21)16(22)19-15-7-5-6-14(18)12-15/h5-7,12-13H,3-4,8-11H2,1-2H3,(H,19,22). The predicted octanol–water partition coefficient (Wildman–Crippen LogP) is 3.45. The zero-order valence-electron chi connectivity index (χ0n) is 13.7. The summed E-state index contributed by atoms with van der Waals surface area (Å²) in [6.07, 6.45) is 1.39. The largest absolute Gasteiger partial charge is 0.326 e. The van der Waals surface area contributed by atoms with Crippen LogP contribution in [0.15, 0.2) is 24.3 Å². The number of amides is 3. The van der Waals surface area contributed by atoms with Gasteiger partial charge in [-0.05, 0) is 44.9 Å². The number of hydrogen-bond donors (Lipinski definition) is 1. The number of urea groups is 1. The number of anilines is 1. The van der Waals surface area contributed by atoms with Gasteiger partial charge in [0.25, 0.3) is 0 Å². The second-order valence-electron chi connectivity index (χ2n) is 5.72. The lowest BCUT2D eigenvalue weighted by atomic mass is 9.96. The maximum absolute atomic E-state index is 12.3. The maximum atomic E-state index is 12.3. The van der Waals surface area contributed by atoms with Crippen LogP contribution >= 0.6 is 11.6 Å². The summed E-state index contributed by atoms with van der Waals surface area (Å²) in [7, 11) is 0. The van der Waals surface area contributed by atoms with E-state index in [-0.39, 0.29) is 17.9 Å². The summed E-state index contributed by atoms with van der Waals surface area (Å²) in [5, 5.41) is 3.50. The van der Waals surface area contributed by atoms with Crippen molar-refractivity contribution in [1.29, 1.82) is 0 Å². The van der Waals surface area contributed by atoms with Gasteiger partial charge in [0.2, 0.25) is 5.91 Å². The molecule has 1 aromatic rings. The molecule has 0 aliphatic carbocycles. The Morgan fingerprint density at radius 2 is 1.91 bits per heavy atom. The molecule has 0 unspecified atom stereocenters. The molecule has 1 saturated heterocycles. The second kappa shape index (κ2) is 8.20. The molecule has 1 aliphatic rings. The first-order valence-corrected chi connectivity index (χ1v) is 8.53. The Hall–Kier alpha value is -1.75. The van der Waals surface area contributed by atoms with Crippen LogP contribution in [-0.4, -0.2) is 47.9 Å². The van der Waals surface area contributed by atoms with Crippen molar-refractivity contribution in [3.05, 3.63) is 29.3 Å². The highest BCUT2D eigenvalue weighted by Gasteiger charge is 2.28. The summed E-state index contributed by atoms with van der Waals surface area (Å²) in [5.74, 6) is -0.0584. The zero-order chi connectivity index (χ0) is 16.8. The molecule has 126 valence electrons. The van der Waals surface area contributed by atoms with Gasteiger partial charge in [0.15, 0.2) is 0 Å². The van der Waals surface area contributed by atoms with Crippen LogP contribution in [0.1, 0.15) is 26.7 Å². The highest BCUT2D eigenvalue weighted by molar-refractivity contribution is 6.30. The molecule has 0 bridgehead atoms. The average molecular weight is 338 g/mol. The molecule has 2 rings (SSSR count). The van der Waals surface area contributed by atoms with Crippen molar-refractivity contribution in [3.63, 3.8) is 0 Å². The van der Waals surface area contributed by atoms with Gasteiger partial charge in [-0.25, -0.2) is 4.79 Å². The molecule has 1 N–H and O–H groups in total. The quantitative estimate of drug-likeness (QED) is 0.914. The molecular formula is C17H24ClN3O2. The number of piperidine rings is 1. The van der Waals surface area contributed by atoms with Gasteiger partial charge in [0.1, 0.15) is 0 Å². The smallest absolute Gasteiger partial charge is 0.319 e. The Kier molecular flexibility index (Phi) is 6.28. The van der Waals surface area contributed by atoms with Crippen molar-refractivity contribution in [1.82, 2.24) is 9.80 Å². The average Bonchev–Trinajstić information content (AvgIpc) is 2.56. The third-order valence-electron chi connectivity index (χ3n) is 4.26. The van der Waals surface area contributed by atoms with Gasteiger partial charge in [-0.1, -0.05) is 17.7 Å². The number of nitrogens with zero attached hydrogens (tertiary/aromatic N) is 2. The molecule has 0 aromatic heterocycles. The van der Waals surface area contributed by atoms with Crippen molar-refractivity contribution >= 4 is 29.2 Å². The van der Waals surface area contributed by atoms with Crippen molar-refractivity contribution in [2.75, 3.05) is 31.5 Å². The summed E-state index contributed by atoms with van der Waals surface area (Å²) in [6.45, 7) is 6.64. The Labute approximate surface area is 142 Å². The molecular weight excluding hydrogens is 314 g/mol. The Morgan fingerprint density at radius 3 is 2.48 bits per heavy atom. The number of carbonyl (C=O) groups is 2. The molecule has 1 aliphatic heterocycles. The second-order valence-corrected chi connectivity index (χ2v) is 6.15. The monoisotopic (exact) mass is 337 g/mol. The molecule has 1 fully saturated rings. The van der Waals surface area contributed by atoms with Gasteiger partial charge in [0.05, 0.1) is 0 Å². The minimum Gasteiger partial charge on any atom is -0.326 e. The highest BCUT2D eigenvalue weighted by Crippen LogP contribution is 2.21. The molecule has 23 heavy (non-hydrogen) atoms. The summed E-state index contributed by atoms with van der Waals surface area (Å²) < 4.78 is 0. The summed E-state index contributed by atoms with van der Waals surface area (Å²) >= 11 is 5.93. The minimum atomic E-state index is -0.0604. The van der Waals surface area contributed by atoms with E-state index in [9.17, 15) is 9.59 Å². The highest BCUT2D eigenvalue weighted by atomic mass is 35.5. The van der Waals surface area contributed by atoms with Crippen LogP contribution in [0.25, 0.3) is 0 Å². The van der Waals surface area contributed by atoms with E-state index in [1.165, 1.54) is 0 Å². The normalized spacial score (nSPS) is 15.3. The molecule has 0 atom stereocenters. The van der Waals surface area contributed by atoms with Crippen LogP contribution in [0, 0.1) is 5.92 Å². The Morgan fingerprint density at radius 1 is 1.26 bits per heavy atom. The molecule has 0 saturated carbocycles. The fourth-order valence-corrected chi connectivity index (χ4v) is 3.03. The van der Waals surface area contributed by atoms with Gasteiger partial charge in [-0.2, -0.15) is 0 Å². The molecule has 0 radical (unpaired) electrons. The van der Waals surface area contributed by atoms with Gasteiger partial charge in [-0.15, -0.1) is 0 Å². The molecule has 1 heterocycles. The number of benzene rings is 1. The van der Waals surface area contributed by atoms with E-state index in [1.54, 1.807) is 12.1 Å². The van der Waals surface area contributed by atoms with Crippen LogP contribution in [0.5, 0.6) is 0 Å². The number of carbonyl (C=O) groups excluding carboxylic acids is 2. The number of rotatable bonds is 4. The summed E-state index contributed by atoms with van der Waals surface area (Å²) in [5.41, 5.74) is 0.712. The first-order valence-electron chi connectivity index (χ1n) is 8.15. The van der Waals surface area contributed by atoms with E-state index in [4.69, 9.17) is 11.6 Å². The molecule has 1 aromatic carbocycles. The summed E-state index contributed by atoms with van der Waals surface area (Å²) in [6, 6.07) is 7.21. The van der Waals surface area contributed by atoms with Crippen LogP contribution in [0.3, 0.4) is 0 Å². The molecule has 5 nitrogen and oxygen atoms in total. The van der Waals surface area contributed by atoms with Gasteiger partial charge >= 0.3 is 6.03 Å². The zero-order valence-corrected chi connectivity index (χ0v) is 14.5. The number of likely N-dealkylation sites (tertiary alicyclic amines) is 1. The topological polar surface area (TPSA) is 52.7 Å². The van der Waals surface area contributed by atoms with Crippen molar-refractivity contribution in [2.45, 2.75) is 26.7 Å². The SMILES string of the molecule is CCN(CC)C(=O)N1CCC(C(=O)Nc2cccc(Cl)c2)CC1. The Bertz CT molecular complexity index is 553. The first kappa shape index (κ1) is 17.6. The van der Waals surface area contributed by atoms with E-state index >= 15 is 0 Å². The van der Waals surface area contributed by atoms with E-state index in [1.807, 2.05) is 35.8 Å². The van der Waals surface area contributed by atoms with E-state index in [2.05, 4.69) is 5.32 Å². The molecule has 0 spiro atoms. The van der Waals surface area contributed by atoms with E-state index < -0.39 is 0 Å². The fourth-order valence-electron chi connectivity index (χ4n) is 2.84. The molecule has 6 heteroatoms. The van der Waals surface area contributed by atoms with E-state index in [0.717, 1.165) is 0 Å². The van der Waals surface area contributed by atoms with Gasteiger partial charge < -0.3 is 15.1 Å². The Balaban J connectivity index is 1.86. The third-order valence-corrected chi connectivity index (χ3v) is 4.50. The van der Waals surface area contributed by atoms with E-state index in [0.29, 0.717) is 49.7 Å².